The molecule has 0 saturated heterocycles. The van der Waals surface area contributed by atoms with Crippen LogP contribution in [0.25, 0.3) is 0 Å². The summed E-state index contributed by atoms with van der Waals surface area (Å²) in [6.07, 6.45) is 3.64. The van der Waals surface area contributed by atoms with Gasteiger partial charge in [0.15, 0.2) is 10.8 Å². The molecule has 1 aliphatic carbocycles. The van der Waals surface area contributed by atoms with Gasteiger partial charge in [-0.2, -0.15) is 13.2 Å². The first kappa shape index (κ1) is 16.0. The molecule has 1 N–H and O–H groups in total. The number of hydrogen-bond acceptors (Lipinski definition) is 6. The molecule has 1 aliphatic rings. The van der Waals surface area contributed by atoms with Gasteiger partial charge in [-0.3, -0.25) is 4.98 Å². The molecule has 0 unspecified atom stereocenters. The van der Waals surface area contributed by atoms with Crippen molar-refractivity contribution >= 4 is 16.5 Å². The summed E-state index contributed by atoms with van der Waals surface area (Å²) in [6.45, 7) is 0. The van der Waals surface area contributed by atoms with E-state index in [1.165, 1.54) is 0 Å². The molecule has 0 spiro atoms. The van der Waals surface area contributed by atoms with Crippen LogP contribution in [0.4, 0.5) is 18.3 Å². The van der Waals surface area contributed by atoms with Crippen LogP contribution in [-0.2, 0) is 6.18 Å². The molecular weight excluding hydrogens is 329 g/mol. The fourth-order valence-electron chi connectivity index (χ4n) is 2.49. The van der Waals surface area contributed by atoms with Gasteiger partial charge in [0.2, 0.25) is 5.88 Å². The monoisotopic (exact) mass is 344 g/mol. The van der Waals surface area contributed by atoms with E-state index in [0.29, 0.717) is 11.0 Å². The minimum Gasteiger partial charge on any atom is -0.473 e. The van der Waals surface area contributed by atoms with Crippen LogP contribution >= 0.6 is 11.3 Å². The number of hydrogen-bond donors (Lipinski definition) is 1. The molecule has 3 rings (SSSR count). The van der Waals surface area contributed by atoms with Gasteiger partial charge in [-0.05, 0) is 25.7 Å². The Hall–Kier alpha value is -1.90. The third-order valence-electron chi connectivity index (χ3n) is 3.62. The van der Waals surface area contributed by atoms with E-state index in [4.69, 9.17) is 4.74 Å². The number of ether oxygens (including phenoxy) is 1. The van der Waals surface area contributed by atoms with Gasteiger partial charge < -0.3 is 10.1 Å². The maximum Gasteiger partial charge on any atom is 0.434 e. The zero-order valence-corrected chi connectivity index (χ0v) is 12.9. The highest BCUT2D eigenvalue weighted by molar-refractivity contribution is 7.13. The van der Waals surface area contributed by atoms with Crippen molar-refractivity contribution in [1.82, 2.24) is 15.0 Å². The predicted molar refractivity (Wildman–Crippen MR) is 79.4 cm³/mol. The topological polar surface area (TPSA) is 59.9 Å². The molecular formula is C14H15F3N4OS. The lowest BCUT2D eigenvalue weighted by Gasteiger charge is -2.28. The number of rotatable bonds is 4. The lowest BCUT2D eigenvalue weighted by Crippen LogP contribution is -2.31. The molecule has 9 heteroatoms. The standard InChI is InChI=1S/C14H15F3N4OS/c15-14(16,17)11-8-23-13(21-11)20-9-1-3-10(4-2-9)22-12-7-18-5-6-19-12/h5-10H,1-4H2,(H,20,21). The molecule has 0 atom stereocenters. The Morgan fingerprint density at radius 1 is 1.17 bits per heavy atom. The minimum atomic E-state index is -4.39. The molecule has 2 heterocycles. The molecule has 0 aliphatic heterocycles. The van der Waals surface area contributed by atoms with E-state index in [2.05, 4.69) is 20.3 Å². The van der Waals surface area contributed by atoms with Gasteiger partial charge >= 0.3 is 6.18 Å². The van der Waals surface area contributed by atoms with Crippen LogP contribution in [-0.4, -0.2) is 27.1 Å². The van der Waals surface area contributed by atoms with E-state index in [1.807, 2.05) is 0 Å². The molecule has 1 saturated carbocycles. The van der Waals surface area contributed by atoms with Crippen LogP contribution < -0.4 is 10.1 Å². The lowest BCUT2D eigenvalue weighted by atomic mass is 9.93. The first-order valence-electron chi connectivity index (χ1n) is 7.22. The van der Waals surface area contributed by atoms with Crippen LogP contribution in [0.2, 0.25) is 0 Å². The van der Waals surface area contributed by atoms with Crippen LogP contribution in [0, 0.1) is 0 Å². The average molecular weight is 344 g/mol. The largest absolute Gasteiger partial charge is 0.473 e. The van der Waals surface area contributed by atoms with Crippen molar-refractivity contribution < 1.29 is 17.9 Å². The van der Waals surface area contributed by atoms with Gasteiger partial charge in [-0.25, -0.2) is 9.97 Å². The SMILES string of the molecule is FC(F)(F)c1csc(NC2CCC(Oc3cnccn3)CC2)n1. The van der Waals surface area contributed by atoms with Gasteiger partial charge in [0.05, 0.1) is 6.20 Å². The summed E-state index contributed by atoms with van der Waals surface area (Å²) in [5.41, 5.74) is -0.843. The van der Waals surface area contributed by atoms with E-state index in [1.54, 1.807) is 18.6 Å². The minimum absolute atomic E-state index is 0.0618. The van der Waals surface area contributed by atoms with E-state index in [-0.39, 0.29) is 12.1 Å². The van der Waals surface area contributed by atoms with Crippen molar-refractivity contribution in [1.29, 1.82) is 0 Å². The van der Waals surface area contributed by atoms with Gasteiger partial charge in [0, 0.05) is 23.8 Å². The van der Waals surface area contributed by atoms with Gasteiger partial charge in [-0.15, -0.1) is 11.3 Å². The van der Waals surface area contributed by atoms with Crippen molar-refractivity contribution in [3.8, 4) is 5.88 Å². The molecule has 23 heavy (non-hydrogen) atoms. The Morgan fingerprint density at radius 3 is 2.57 bits per heavy atom. The third kappa shape index (κ3) is 4.31. The predicted octanol–water partition coefficient (Wildman–Crippen LogP) is 3.75. The van der Waals surface area contributed by atoms with E-state index >= 15 is 0 Å². The summed E-state index contributed by atoms with van der Waals surface area (Å²) in [4.78, 5) is 11.6. The average Bonchev–Trinajstić information content (AvgIpc) is 2.99. The fraction of sp³-hybridized carbons (Fsp3) is 0.500. The third-order valence-corrected chi connectivity index (χ3v) is 4.40. The fourth-order valence-corrected chi connectivity index (χ4v) is 3.28. The summed E-state index contributed by atoms with van der Waals surface area (Å²) in [6, 6.07) is 0.115. The van der Waals surface area contributed by atoms with Crippen molar-refractivity contribution in [2.24, 2.45) is 0 Å². The summed E-state index contributed by atoms with van der Waals surface area (Å²) in [7, 11) is 0. The second-order valence-corrected chi connectivity index (χ2v) is 6.17. The molecule has 2 aromatic heterocycles. The number of anilines is 1. The highest BCUT2D eigenvalue weighted by Crippen LogP contribution is 2.33. The molecule has 5 nitrogen and oxygen atoms in total. The Balaban J connectivity index is 1.48. The van der Waals surface area contributed by atoms with E-state index < -0.39 is 11.9 Å². The second kappa shape index (κ2) is 6.69. The zero-order chi connectivity index (χ0) is 16.3. The van der Waals surface area contributed by atoms with Crippen molar-refractivity contribution in [2.75, 3.05) is 5.32 Å². The Labute approximate surface area is 134 Å². The molecule has 0 radical (unpaired) electrons. The highest BCUT2D eigenvalue weighted by Gasteiger charge is 2.34. The highest BCUT2D eigenvalue weighted by atomic mass is 32.1. The molecule has 0 amide bonds. The van der Waals surface area contributed by atoms with Gasteiger partial charge in [0.1, 0.15) is 6.10 Å². The number of thiazole rings is 1. The quantitative estimate of drug-likeness (QED) is 0.915. The summed E-state index contributed by atoms with van der Waals surface area (Å²) in [5.74, 6) is 0.499. The molecule has 0 bridgehead atoms. The van der Waals surface area contributed by atoms with Crippen molar-refractivity contribution in [2.45, 2.75) is 44.0 Å². The van der Waals surface area contributed by atoms with Gasteiger partial charge in [-0.1, -0.05) is 0 Å². The number of halogens is 3. The van der Waals surface area contributed by atoms with Crippen LogP contribution in [0.5, 0.6) is 5.88 Å². The molecule has 1 fully saturated rings. The van der Waals surface area contributed by atoms with Crippen molar-refractivity contribution in [3.05, 3.63) is 29.7 Å². The maximum atomic E-state index is 12.5. The Kier molecular flexibility index (Phi) is 4.65. The first-order valence-corrected chi connectivity index (χ1v) is 8.10. The normalized spacial score (nSPS) is 21.9. The smallest absolute Gasteiger partial charge is 0.434 e. The van der Waals surface area contributed by atoms with Crippen molar-refractivity contribution in [3.63, 3.8) is 0 Å². The van der Waals surface area contributed by atoms with Gasteiger partial charge in [0.25, 0.3) is 0 Å². The summed E-state index contributed by atoms with van der Waals surface area (Å²) >= 11 is 0.982. The first-order chi connectivity index (χ1) is 11.0. The number of alkyl halides is 3. The summed E-state index contributed by atoms with van der Waals surface area (Å²) < 4.78 is 43.3. The number of nitrogens with one attached hydrogen (secondary N) is 1. The summed E-state index contributed by atoms with van der Waals surface area (Å²) in [5, 5.41) is 4.43. The molecule has 124 valence electrons. The maximum absolute atomic E-state index is 12.5. The molecule has 0 aromatic carbocycles. The number of aromatic nitrogens is 3. The second-order valence-electron chi connectivity index (χ2n) is 5.32. The van der Waals surface area contributed by atoms with Crippen LogP contribution in [0.15, 0.2) is 24.0 Å². The van der Waals surface area contributed by atoms with Crippen LogP contribution in [0.1, 0.15) is 31.4 Å². The Morgan fingerprint density at radius 2 is 1.96 bits per heavy atom. The Bertz CT molecular complexity index is 626. The van der Waals surface area contributed by atoms with E-state index in [0.717, 1.165) is 42.4 Å². The number of nitrogens with zero attached hydrogens (tertiary/aromatic N) is 3. The zero-order valence-electron chi connectivity index (χ0n) is 12.1. The molecule has 2 aromatic rings. The van der Waals surface area contributed by atoms with Crippen LogP contribution in [0.3, 0.4) is 0 Å². The van der Waals surface area contributed by atoms with E-state index in [9.17, 15) is 13.2 Å². The lowest BCUT2D eigenvalue weighted by molar-refractivity contribution is -0.140.